The van der Waals surface area contributed by atoms with E-state index in [2.05, 4.69) is 26.1 Å². The maximum Gasteiger partial charge on any atom is 0.243 e. The Morgan fingerprint density at radius 3 is 2.39 bits per heavy atom. The lowest BCUT2D eigenvalue weighted by Crippen LogP contribution is -2.36. The molecule has 0 saturated carbocycles. The zero-order valence-electron chi connectivity index (χ0n) is 15.7. The molecule has 0 fully saturated rings. The van der Waals surface area contributed by atoms with Crippen LogP contribution in [-0.4, -0.2) is 50.7 Å². The van der Waals surface area contributed by atoms with E-state index < -0.39 is 5.25 Å². The molecule has 6 nitrogen and oxygen atoms in total. The smallest absolute Gasteiger partial charge is 0.243 e. The van der Waals surface area contributed by atoms with E-state index in [1.165, 1.54) is 11.8 Å². The van der Waals surface area contributed by atoms with Gasteiger partial charge in [0.25, 0.3) is 0 Å². The Labute approximate surface area is 176 Å². The van der Waals surface area contributed by atoms with Gasteiger partial charge in [0, 0.05) is 29.8 Å². The minimum atomic E-state index is -0.878. The second kappa shape index (κ2) is 8.70. The van der Waals surface area contributed by atoms with E-state index in [0.29, 0.717) is 11.0 Å². The van der Waals surface area contributed by atoms with Crippen LogP contribution in [0.25, 0.3) is 17.1 Å². The number of hydrogen-bond donors (Lipinski definition) is 0. The van der Waals surface area contributed by atoms with Crippen molar-refractivity contribution in [2.24, 2.45) is 0 Å². The predicted octanol–water partition coefficient (Wildman–Crippen LogP) is 3.83. The zero-order chi connectivity index (χ0) is 20.3. The summed E-state index contributed by atoms with van der Waals surface area (Å²) >= 11 is 4.60. The molecule has 0 spiro atoms. The Morgan fingerprint density at radius 1 is 1.07 bits per heavy atom. The highest BCUT2D eigenvalue weighted by molar-refractivity contribution is 9.10. The van der Waals surface area contributed by atoms with E-state index in [1.54, 1.807) is 14.1 Å². The number of para-hydroxylation sites is 1. The van der Waals surface area contributed by atoms with Crippen molar-refractivity contribution in [3.8, 4) is 17.1 Å². The summed E-state index contributed by atoms with van der Waals surface area (Å²) in [6, 6.07) is 17.4. The SMILES string of the molecule is CC(=O)C(Sc1nnc(-c2cccc(Br)c2)n1-c1ccccc1)C(=O)N(C)C. The van der Waals surface area contributed by atoms with Crippen LogP contribution in [-0.2, 0) is 9.59 Å². The van der Waals surface area contributed by atoms with Gasteiger partial charge in [0.1, 0.15) is 5.25 Å². The van der Waals surface area contributed by atoms with Gasteiger partial charge in [0.15, 0.2) is 16.8 Å². The van der Waals surface area contributed by atoms with Crippen LogP contribution in [0.4, 0.5) is 0 Å². The predicted molar refractivity (Wildman–Crippen MR) is 114 cm³/mol. The number of carbonyl (C=O) groups is 2. The first-order valence-electron chi connectivity index (χ1n) is 8.53. The van der Waals surface area contributed by atoms with Crippen molar-refractivity contribution in [3.05, 3.63) is 59.1 Å². The summed E-state index contributed by atoms with van der Waals surface area (Å²) < 4.78 is 2.79. The molecule has 3 aromatic rings. The molecular formula is C20H19BrN4O2S. The maximum absolute atomic E-state index is 12.5. The van der Waals surface area contributed by atoms with Crippen LogP contribution in [0.1, 0.15) is 6.92 Å². The van der Waals surface area contributed by atoms with E-state index in [4.69, 9.17) is 0 Å². The lowest BCUT2D eigenvalue weighted by atomic mass is 10.2. The summed E-state index contributed by atoms with van der Waals surface area (Å²) in [5, 5.41) is 8.26. The molecule has 1 heterocycles. The molecule has 1 amide bonds. The topological polar surface area (TPSA) is 68.1 Å². The molecule has 1 aromatic heterocycles. The van der Waals surface area contributed by atoms with Crippen LogP contribution in [0.2, 0.25) is 0 Å². The first kappa shape index (κ1) is 20.3. The number of benzene rings is 2. The van der Waals surface area contributed by atoms with E-state index >= 15 is 0 Å². The van der Waals surface area contributed by atoms with Crippen molar-refractivity contribution in [1.82, 2.24) is 19.7 Å². The molecule has 0 saturated heterocycles. The van der Waals surface area contributed by atoms with Crippen molar-refractivity contribution >= 4 is 39.4 Å². The first-order valence-corrected chi connectivity index (χ1v) is 10.2. The Balaban J connectivity index is 2.12. The molecule has 144 valence electrons. The first-order chi connectivity index (χ1) is 13.4. The zero-order valence-corrected chi connectivity index (χ0v) is 18.1. The standard InChI is InChI=1S/C20H19BrN4O2S/c1-13(26)17(19(27)24(2)3)28-20-23-22-18(14-8-7-9-15(21)12-14)25(20)16-10-5-4-6-11-16/h4-12,17H,1-3H3. The van der Waals surface area contributed by atoms with Crippen LogP contribution in [0.15, 0.2) is 64.2 Å². The highest BCUT2D eigenvalue weighted by atomic mass is 79.9. The van der Waals surface area contributed by atoms with Gasteiger partial charge in [0.2, 0.25) is 5.91 Å². The number of carbonyl (C=O) groups excluding carboxylic acids is 2. The number of rotatable bonds is 6. The molecule has 8 heteroatoms. The molecule has 28 heavy (non-hydrogen) atoms. The number of aromatic nitrogens is 3. The number of Topliss-reactive ketones (excluding diaryl/α,β-unsaturated/α-hetero) is 1. The summed E-state index contributed by atoms with van der Waals surface area (Å²) in [7, 11) is 3.27. The molecular weight excluding hydrogens is 440 g/mol. The summed E-state index contributed by atoms with van der Waals surface area (Å²) in [6.45, 7) is 1.41. The highest BCUT2D eigenvalue weighted by Gasteiger charge is 2.29. The average Bonchev–Trinajstić information content (AvgIpc) is 3.09. The molecule has 0 aliphatic heterocycles. The monoisotopic (exact) mass is 458 g/mol. The van der Waals surface area contributed by atoms with Crippen LogP contribution in [0.3, 0.4) is 0 Å². The Morgan fingerprint density at radius 2 is 1.79 bits per heavy atom. The van der Waals surface area contributed by atoms with Crippen molar-refractivity contribution in [1.29, 1.82) is 0 Å². The van der Waals surface area contributed by atoms with E-state index in [1.807, 2.05) is 59.2 Å². The Hall–Kier alpha value is -2.45. The molecule has 0 aliphatic carbocycles. The average molecular weight is 459 g/mol. The fourth-order valence-electron chi connectivity index (χ4n) is 2.62. The fourth-order valence-corrected chi connectivity index (χ4v) is 4.09. The van der Waals surface area contributed by atoms with Gasteiger partial charge in [-0.15, -0.1) is 10.2 Å². The fraction of sp³-hybridized carbons (Fsp3) is 0.200. The summed E-state index contributed by atoms with van der Waals surface area (Å²) in [5.41, 5.74) is 1.72. The van der Waals surface area contributed by atoms with Crippen molar-refractivity contribution < 1.29 is 9.59 Å². The van der Waals surface area contributed by atoms with Gasteiger partial charge in [0.05, 0.1) is 0 Å². The Kier molecular flexibility index (Phi) is 6.31. The van der Waals surface area contributed by atoms with Crippen LogP contribution < -0.4 is 0 Å². The number of thioether (sulfide) groups is 1. The summed E-state index contributed by atoms with van der Waals surface area (Å²) in [4.78, 5) is 26.0. The summed E-state index contributed by atoms with van der Waals surface area (Å²) in [5.74, 6) is 0.133. The van der Waals surface area contributed by atoms with Gasteiger partial charge < -0.3 is 4.90 Å². The van der Waals surface area contributed by atoms with Crippen LogP contribution in [0, 0.1) is 0 Å². The van der Waals surface area contributed by atoms with Gasteiger partial charge >= 0.3 is 0 Å². The minimum Gasteiger partial charge on any atom is -0.347 e. The van der Waals surface area contributed by atoms with Crippen LogP contribution >= 0.6 is 27.7 Å². The van der Waals surface area contributed by atoms with Crippen molar-refractivity contribution in [2.75, 3.05) is 14.1 Å². The molecule has 1 unspecified atom stereocenters. The number of hydrogen-bond acceptors (Lipinski definition) is 5. The third kappa shape index (κ3) is 4.34. The van der Waals surface area contributed by atoms with Crippen molar-refractivity contribution in [3.63, 3.8) is 0 Å². The molecule has 1 atom stereocenters. The number of nitrogens with zero attached hydrogens (tertiary/aromatic N) is 4. The van der Waals surface area contributed by atoms with Gasteiger partial charge in [-0.05, 0) is 31.2 Å². The van der Waals surface area contributed by atoms with Gasteiger partial charge in [-0.3, -0.25) is 14.2 Å². The van der Waals surface area contributed by atoms with Gasteiger partial charge in [-0.25, -0.2) is 0 Å². The number of ketones is 1. The minimum absolute atomic E-state index is 0.227. The molecule has 0 radical (unpaired) electrons. The lowest BCUT2D eigenvalue weighted by molar-refractivity contribution is -0.132. The van der Waals surface area contributed by atoms with E-state index in [-0.39, 0.29) is 11.7 Å². The molecule has 0 bridgehead atoms. The lowest BCUT2D eigenvalue weighted by Gasteiger charge is -2.18. The summed E-state index contributed by atoms with van der Waals surface area (Å²) in [6.07, 6.45) is 0. The maximum atomic E-state index is 12.5. The van der Waals surface area contributed by atoms with E-state index in [9.17, 15) is 9.59 Å². The second-order valence-corrected chi connectivity index (χ2v) is 8.32. The normalized spacial score (nSPS) is 11.9. The van der Waals surface area contributed by atoms with E-state index in [0.717, 1.165) is 27.5 Å². The van der Waals surface area contributed by atoms with Crippen LogP contribution in [0.5, 0.6) is 0 Å². The largest absolute Gasteiger partial charge is 0.347 e. The molecule has 0 aliphatic rings. The van der Waals surface area contributed by atoms with Crippen molar-refractivity contribution in [2.45, 2.75) is 17.3 Å². The molecule has 2 aromatic carbocycles. The highest BCUT2D eigenvalue weighted by Crippen LogP contribution is 2.31. The van der Waals surface area contributed by atoms with Gasteiger partial charge in [-0.2, -0.15) is 0 Å². The third-order valence-corrected chi connectivity index (χ3v) is 5.73. The third-order valence-electron chi connectivity index (χ3n) is 3.99. The molecule has 0 N–H and O–H groups in total. The quantitative estimate of drug-likeness (QED) is 0.414. The number of amides is 1. The van der Waals surface area contributed by atoms with Gasteiger partial charge in [-0.1, -0.05) is 58.0 Å². The second-order valence-electron chi connectivity index (χ2n) is 6.33. The molecule has 3 rings (SSSR count). The Bertz CT molecular complexity index is 1000. The number of halogens is 1.